The number of carbonyl (C=O) groups is 2. The molecule has 1 aliphatic heterocycles. The SMILES string of the molecule is CC(=O)N1CCCN(C(=O)Cc2ccc(N)cn2)CC1. The topological polar surface area (TPSA) is 79.5 Å². The summed E-state index contributed by atoms with van der Waals surface area (Å²) in [7, 11) is 0. The average Bonchev–Trinajstić information content (AvgIpc) is 2.67. The fourth-order valence-electron chi connectivity index (χ4n) is 2.29. The molecule has 2 rings (SSSR count). The number of aromatic nitrogens is 1. The van der Waals surface area contributed by atoms with Gasteiger partial charge in [-0.15, -0.1) is 0 Å². The summed E-state index contributed by atoms with van der Waals surface area (Å²) in [6, 6.07) is 3.52. The van der Waals surface area contributed by atoms with E-state index in [0.29, 0.717) is 25.3 Å². The van der Waals surface area contributed by atoms with Crippen LogP contribution >= 0.6 is 0 Å². The van der Waals surface area contributed by atoms with Crippen molar-refractivity contribution in [1.82, 2.24) is 14.8 Å². The molecule has 20 heavy (non-hydrogen) atoms. The van der Waals surface area contributed by atoms with Crippen LogP contribution in [0.15, 0.2) is 18.3 Å². The largest absolute Gasteiger partial charge is 0.397 e. The number of amides is 2. The van der Waals surface area contributed by atoms with Crippen LogP contribution in [0.5, 0.6) is 0 Å². The number of nitrogen functional groups attached to an aromatic ring is 1. The van der Waals surface area contributed by atoms with E-state index in [-0.39, 0.29) is 18.2 Å². The maximum Gasteiger partial charge on any atom is 0.228 e. The minimum absolute atomic E-state index is 0.0488. The highest BCUT2D eigenvalue weighted by atomic mass is 16.2. The lowest BCUT2D eigenvalue weighted by molar-refractivity contribution is -0.132. The fourth-order valence-corrected chi connectivity index (χ4v) is 2.29. The standard InChI is InChI=1S/C14H20N4O2/c1-11(19)17-5-2-6-18(8-7-17)14(20)9-13-4-3-12(15)10-16-13/h3-4,10H,2,5-9,15H2,1H3. The number of carbonyl (C=O) groups excluding carboxylic acids is 2. The Kier molecular flexibility index (Phi) is 4.55. The third-order valence-corrected chi connectivity index (χ3v) is 3.47. The van der Waals surface area contributed by atoms with E-state index in [2.05, 4.69) is 4.98 Å². The lowest BCUT2D eigenvalue weighted by Gasteiger charge is -2.21. The van der Waals surface area contributed by atoms with Gasteiger partial charge < -0.3 is 15.5 Å². The smallest absolute Gasteiger partial charge is 0.228 e. The number of anilines is 1. The van der Waals surface area contributed by atoms with E-state index in [9.17, 15) is 9.59 Å². The van der Waals surface area contributed by atoms with Gasteiger partial charge in [0.25, 0.3) is 0 Å². The van der Waals surface area contributed by atoms with E-state index < -0.39 is 0 Å². The molecule has 1 saturated heterocycles. The first kappa shape index (κ1) is 14.3. The average molecular weight is 276 g/mol. The zero-order valence-electron chi connectivity index (χ0n) is 11.7. The van der Waals surface area contributed by atoms with Gasteiger partial charge in [0, 0.05) is 38.8 Å². The second kappa shape index (κ2) is 6.36. The second-order valence-electron chi connectivity index (χ2n) is 5.00. The minimum Gasteiger partial charge on any atom is -0.397 e. The Morgan fingerprint density at radius 2 is 1.90 bits per heavy atom. The molecule has 0 atom stereocenters. The minimum atomic E-state index is 0.0488. The van der Waals surface area contributed by atoms with Crippen LogP contribution in [0.2, 0.25) is 0 Å². The van der Waals surface area contributed by atoms with Crippen LogP contribution in [-0.2, 0) is 16.0 Å². The molecular weight excluding hydrogens is 256 g/mol. The predicted molar refractivity (Wildman–Crippen MR) is 75.8 cm³/mol. The normalized spacial score (nSPS) is 15.8. The van der Waals surface area contributed by atoms with E-state index >= 15 is 0 Å². The van der Waals surface area contributed by atoms with E-state index in [1.165, 1.54) is 0 Å². The monoisotopic (exact) mass is 276 g/mol. The summed E-state index contributed by atoms with van der Waals surface area (Å²) in [6.07, 6.45) is 2.66. The summed E-state index contributed by atoms with van der Waals surface area (Å²) in [5, 5.41) is 0. The Bertz CT molecular complexity index is 486. The second-order valence-corrected chi connectivity index (χ2v) is 5.00. The molecule has 2 amide bonds. The van der Waals surface area contributed by atoms with Gasteiger partial charge in [-0.25, -0.2) is 0 Å². The van der Waals surface area contributed by atoms with Gasteiger partial charge in [-0.05, 0) is 18.6 Å². The number of nitrogens with two attached hydrogens (primary N) is 1. The maximum absolute atomic E-state index is 12.2. The molecule has 108 valence electrons. The van der Waals surface area contributed by atoms with Crippen LogP contribution in [0.3, 0.4) is 0 Å². The molecule has 0 spiro atoms. The van der Waals surface area contributed by atoms with Crippen molar-refractivity contribution in [3.05, 3.63) is 24.0 Å². The fraction of sp³-hybridized carbons (Fsp3) is 0.500. The van der Waals surface area contributed by atoms with E-state index in [4.69, 9.17) is 5.73 Å². The van der Waals surface area contributed by atoms with Crippen molar-refractivity contribution in [1.29, 1.82) is 0 Å². The Morgan fingerprint density at radius 1 is 1.20 bits per heavy atom. The summed E-state index contributed by atoms with van der Waals surface area (Å²) < 4.78 is 0. The summed E-state index contributed by atoms with van der Waals surface area (Å²) >= 11 is 0. The van der Waals surface area contributed by atoms with Crippen molar-refractivity contribution in [2.45, 2.75) is 19.8 Å². The van der Waals surface area contributed by atoms with Gasteiger partial charge in [0.2, 0.25) is 11.8 Å². The molecule has 6 heteroatoms. The maximum atomic E-state index is 12.2. The molecule has 0 unspecified atom stereocenters. The third-order valence-electron chi connectivity index (χ3n) is 3.47. The van der Waals surface area contributed by atoms with E-state index in [0.717, 1.165) is 18.7 Å². The lowest BCUT2D eigenvalue weighted by Crippen LogP contribution is -2.37. The molecule has 0 aliphatic carbocycles. The molecule has 1 aliphatic rings. The van der Waals surface area contributed by atoms with Crippen LogP contribution < -0.4 is 5.73 Å². The van der Waals surface area contributed by atoms with Crippen molar-refractivity contribution >= 4 is 17.5 Å². The summed E-state index contributed by atoms with van der Waals surface area (Å²) in [4.78, 5) is 31.3. The highest BCUT2D eigenvalue weighted by molar-refractivity contribution is 5.78. The zero-order chi connectivity index (χ0) is 14.5. The number of pyridine rings is 1. The van der Waals surface area contributed by atoms with Crippen LogP contribution in [0.4, 0.5) is 5.69 Å². The molecule has 1 fully saturated rings. The van der Waals surface area contributed by atoms with Crippen molar-refractivity contribution in [3.8, 4) is 0 Å². The quantitative estimate of drug-likeness (QED) is 0.842. The van der Waals surface area contributed by atoms with Gasteiger partial charge in [0.15, 0.2) is 0 Å². The lowest BCUT2D eigenvalue weighted by atomic mass is 10.2. The zero-order valence-corrected chi connectivity index (χ0v) is 11.7. The third kappa shape index (κ3) is 3.69. The van der Waals surface area contributed by atoms with Gasteiger partial charge in [-0.2, -0.15) is 0 Å². The number of rotatable bonds is 2. The Hall–Kier alpha value is -2.11. The van der Waals surface area contributed by atoms with Gasteiger partial charge in [0.1, 0.15) is 0 Å². The molecule has 1 aromatic rings. The molecule has 2 heterocycles. The Morgan fingerprint density at radius 3 is 2.55 bits per heavy atom. The predicted octanol–water partition coefficient (Wildman–Crippen LogP) is 0.287. The first-order chi connectivity index (χ1) is 9.56. The van der Waals surface area contributed by atoms with Gasteiger partial charge >= 0.3 is 0 Å². The van der Waals surface area contributed by atoms with Crippen molar-refractivity contribution in [2.75, 3.05) is 31.9 Å². The molecule has 0 aromatic carbocycles. The van der Waals surface area contributed by atoms with Gasteiger partial charge in [-0.1, -0.05) is 0 Å². The summed E-state index contributed by atoms with van der Waals surface area (Å²) in [6.45, 7) is 4.18. The first-order valence-corrected chi connectivity index (χ1v) is 6.80. The molecule has 1 aromatic heterocycles. The van der Waals surface area contributed by atoms with Crippen LogP contribution in [0.25, 0.3) is 0 Å². The molecule has 6 nitrogen and oxygen atoms in total. The highest BCUT2D eigenvalue weighted by Crippen LogP contribution is 2.07. The van der Waals surface area contributed by atoms with E-state index in [1.807, 2.05) is 0 Å². The number of hydrogen-bond acceptors (Lipinski definition) is 4. The van der Waals surface area contributed by atoms with Gasteiger partial charge in [-0.3, -0.25) is 14.6 Å². The first-order valence-electron chi connectivity index (χ1n) is 6.80. The molecule has 2 N–H and O–H groups in total. The van der Waals surface area contributed by atoms with Crippen molar-refractivity contribution < 1.29 is 9.59 Å². The molecule has 0 saturated carbocycles. The van der Waals surface area contributed by atoms with Crippen molar-refractivity contribution in [3.63, 3.8) is 0 Å². The summed E-state index contributed by atoms with van der Waals surface area (Å²) in [5.74, 6) is 0.118. The number of hydrogen-bond donors (Lipinski definition) is 1. The Labute approximate surface area is 118 Å². The highest BCUT2D eigenvalue weighted by Gasteiger charge is 2.20. The van der Waals surface area contributed by atoms with Crippen molar-refractivity contribution in [2.24, 2.45) is 0 Å². The number of nitrogens with zero attached hydrogens (tertiary/aromatic N) is 3. The van der Waals surface area contributed by atoms with Crippen LogP contribution in [0.1, 0.15) is 19.0 Å². The van der Waals surface area contributed by atoms with Gasteiger partial charge in [0.05, 0.1) is 18.3 Å². The van der Waals surface area contributed by atoms with Crippen LogP contribution in [-0.4, -0.2) is 52.8 Å². The van der Waals surface area contributed by atoms with E-state index in [1.54, 1.807) is 35.1 Å². The molecule has 0 radical (unpaired) electrons. The Balaban J connectivity index is 1.92. The molecular formula is C14H20N4O2. The van der Waals surface area contributed by atoms with Crippen LogP contribution in [0, 0.1) is 0 Å². The summed E-state index contributed by atoms with van der Waals surface area (Å²) in [5.41, 5.74) is 6.88. The molecule has 0 bridgehead atoms.